The van der Waals surface area contributed by atoms with Crippen LogP contribution in [0.5, 0.6) is 11.5 Å². The van der Waals surface area contributed by atoms with Crippen molar-refractivity contribution in [3.8, 4) is 11.5 Å². The first-order valence-electron chi connectivity index (χ1n) is 10.7. The number of aliphatic hydroxyl groups excluding tert-OH is 1. The van der Waals surface area contributed by atoms with Crippen molar-refractivity contribution < 1.29 is 14.6 Å². The number of methoxy groups -OCH3 is 1. The number of aliphatic hydroxyl groups is 1. The van der Waals surface area contributed by atoms with Gasteiger partial charge in [0, 0.05) is 26.2 Å². The van der Waals surface area contributed by atoms with Crippen molar-refractivity contribution in [1.82, 2.24) is 9.80 Å². The van der Waals surface area contributed by atoms with Crippen molar-refractivity contribution in [2.24, 2.45) is 0 Å². The first-order chi connectivity index (χ1) is 14.2. The summed E-state index contributed by atoms with van der Waals surface area (Å²) in [5.41, 5.74) is 4.09. The van der Waals surface area contributed by atoms with Gasteiger partial charge in [-0.15, -0.1) is 0 Å². The van der Waals surface area contributed by atoms with E-state index >= 15 is 0 Å². The average Bonchev–Trinajstić information content (AvgIpc) is 3.25. The molecule has 2 aliphatic rings. The average molecular weight is 397 g/mol. The van der Waals surface area contributed by atoms with Gasteiger partial charge in [-0.2, -0.15) is 0 Å². The summed E-state index contributed by atoms with van der Waals surface area (Å²) in [4.78, 5) is 4.77. The molecule has 1 N–H and O–H groups in total. The van der Waals surface area contributed by atoms with Crippen LogP contribution in [-0.4, -0.2) is 60.9 Å². The van der Waals surface area contributed by atoms with Gasteiger partial charge in [-0.1, -0.05) is 30.3 Å². The van der Waals surface area contributed by atoms with E-state index in [9.17, 15) is 5.11 Å². The normalized spacial score (nSPS) is 18.4. The number of hydrogen-bond acceptors (Lipinski definition) is 5. The Kier molecular flexibility index (Phi) is 6.70. The van der Waals surface area contributed by atoms with Gasteiger partial charge in [-0.25, -0.2) is 0 Å². The van der Waals surface area contributed by atoms with Crippen LogP contribution in [0.2, 0.25) is 0 Å². The fraction of sp³-hybridized carbons (Fsp3) is 0.500. The monoisotopic (exact) mass is 396 g/mol. The van der Waals surface area contributed by atoms with Gasteiger partial charge in [0.05, 0.1) is 7.11 Å². The smallest absolute Gasteiger partial charge is 0.161 e. The summed E-state index contributed by atoms with van der Waals surface area (Å²) < 4.78 is 11.4. The zero-order chi connectivity index (χ0) is 20.1. The molecular formula is C24H32N2O3. The van der Waals surface area contributed by atoms with Crippen LogP contribution in [0.25, 0.3) is 0 Å². The molecule has 2 aromatic rings. The Morgan fingerprint density at radius 2 is 1.76 bits per heavy atom. The molecule has 0 aliphatic carbocycles. The van der Waals surface area contributed by atoms with Crippen LogP contribution in [0.3, 0.4) is 0 Å². The third-order valence-corrected chi connectivity index (χ3v) is 5.94. The van der Waals surface area contributed by atoms with E-state index in [0.717, 1.165) is 39.1 Å². The Bertz CT molecular complexity index is 804. The molecule has 1 atom stereocenters. The topological polar surface area (TPSA) is 45.2 Å². The highest BCUT2D eigenvalue weighted by Crippen LogP contribution is 2.29. The largest absolute Gasteiger partial charge is 0.493 e. The molecule has 1 fully saturated rings. The Morgan fingerprint density at radius 3 is 2.55 bits per heavy atom. The minimum Gasteiger partial charge on any atom is -0.493 e. The number of likely N-dealkylation sites (tertiary alicyclic amines) is 1. The van der Waals surface area contributed by atoms with Crippen molar-refractivity contribution in [1.29, 1.82) is 0 Å². The number of hydrogen-bond donors (Lipinski definition) is 1. The quantitative estimate of drug-likeness (QED) is 0.743. The van der Waals surface area contributed by atoms with Crippen molar-refractivity contribution in [2.75, 3.05) is 39.9 Å². The number of nitrogens with zero attached hydrogens (tertiary/aromatic N) is 2. The molecule has 0 bridgehead atoms. The second-order valence-electron chi connectivity index (χ2n) is 8.19. The minimum atomic E-state index is -0.486. The second-order valence-corrected chi connectivity index (χ2v) is 8.19. The van der Waals surface area contributed by atoms with E-state index in [-0.39, 0.29) is 6.61 Å². The van der Waals surface area contributed by atoms with Crippen molar-refractivity contribution >= 4 is 0 Å². The van der Waals surface area contributed by atoms with E-state index in [1.54, 1.807) is 7.11 Å². The van der Waals surface area contributed by atoms with E-state index in [0.29, 0.717) is 18.0 Å². The fourth-order valence-corrected chi connectivity index (χ4v) is 4.38. The Morgan fingerprint density at radius 1 is 0.966 bits per heavy atom. The molecule has 29 heavy (non-hydrogen) atoms. The van der Waals surface area contributed by atoms with Crippen molar-refractivity contribution in [3.63, 3.8) is 0 Å². The highest BCUT2D eigenvalue weighted by molar-refractivity contribution is 5.43. The van der Waals surface area contributed by atoms with Crippen LogP contribution in [0.4, 0.5) is 0 Å². The molecule has 0 radical (unpaired) electrons. The van der Waals surface area contributed by atoms with Gasteiger partial charge in [-0.05, 0) is 61.2 Å². The SMILES string of the molecule is COc1ccc(CN2CCc3ccccc3C2)cc1OC[C@H](O)CN1CCCC1. The summed E-state index contributed by atoms with van der Waals surface area (Å²) >= 11 is 0. The molecule has 0 amide bonds. The van der Waals surface area contributed by atoms with Gasteiger partial charge < -0.3 is 19.5 Å². The fourth-order valence-electron chi connectivity index (χ4n) is 4.38. The number of benzene rings is 2. The van der Waals surface area contributed by atoms with Gasteiger partial charge in [0.2, 0.25) is 0 Å². The maximum absolute atomic E-state index is 10.3. The van der Waals surface area contributed by atoms with Gasteiger partial charge in [0.15, 0.2) is 11.5 Å². The molecule has 5 heteroatoms. The van der Waals surface area contributed by atoms with Gasteiger partial charge in [0.25, 0.3) is 0 Å². The lowest BCUT2D eigenvalue weighted by Crippen LogP contribution is -2.33. The lowest BCUT2D eigenvalue weighted by molar-refractivity contribution is 0.0746. The molecule has 2 aliphatic heterocycles. The molecule has 0 unspecified atom stereocenters. The molecule has 4 rings (SSSR count). The molecule has 2 aromatic carbocycles. The lowest BCUT2D eigenvalue weighted by atomic mass is 9.99. The third-order valence-electron chi connectivity index (χ3n) is 5.94. The van der Waals surface area contributed by atoms with E-state index in [4.69, 9.17) is 9.47 Å². The number of ether oxygens (including phenoxy) is 2. The molecule has 2 heterocycles. The van der Waals surface area contributed by atoms with Crippen molar-refractivity contribution in [2.45, 2.75) is 38.5 Å². The molecule has 156 valence electrons. The van der Waals surface area contributed by atoms with Crippen LogP contribution < -0.4 is 9.47 Å². The summed E-state index contributed by atoms with van der Waals surface area (Å²) in [6.45, 7) is 6.04. The number of fused-ring (bicyclic) bond motifs is 1. The first kappa shape index (κ1) is 20.2. The molecule has 0 aromatic heterocycles. The standard InChI is InChI=1S/C24H32N2O3/c1-28-23-9-8-19(15-26-13-10-20-6-2-3-7-21(20)16-26)14-24(23)29-18-22(27)17-25-11-4-5-12-25/h2-3,6-9,14,22,27H,4-5,10-13,15-18H2,1H3/t22-/m1/s1. The predicted molar refractivity (Wildman–Crippen MR) is 114 cm³/mol. The summed E-state index contributed by atoms with van der Waals surface area (Å²) in [7, 11) is 1.66. The van der Waals surface area contributed by atoms with Crippen molar-refractivity contribution in [3.05, 3.63) is 59.2 Å². The second kappa shape index (κ2) is 9.61. The van der Waals surface area contributed by atoms with E-state index in [1.165, 1.54) is 29.5 Å². The molecule has 0 spiro atoms. The Hall–Kier alpha value is -2.08. The molecule has 1 saturated heterocycles. The molecular weight excluding hydrogens is 364 g/mol. The van der Waals surface area contributed by atoms with Crippen LogP contribution in [0.15, 0.2) is 42.5 Å². The highest BCUT2D eigenvalue weighted by atomic mass is 16.5. The van der Waals surface area contributed by atoms with Crippen LogP contribution >= 0.6 is 0 Å². The van der Waals surface area contributed by atoms with Gasteiger partial charge in [0.1, 0.15) is 12.7 Å². The summed E-state index contributed by atoms with van der Waals surface area (Å²) in [5.74, 6) is 1.42. The summed E-state index contributed by atoms with van der Waals surface area (Å²) in [6.07, 6.45) is 3.06. The molecule has 5 nitrogen and oxygen atoms in total. The number of β-amino-alcohol motifs (C(OH)–C–C–N with tert-alkyl or cyclic N) is 1. The van der Waals surface area contributed by atoms with E-state index in [2.05, 4.69) is 46.2 Å². The molecule has 0 saturated carbocycles. The zero-order valence-corrected chi connectivity index (χ0v) is 17.3. The van der Waals surface area contributed by atoms with Gasteiger partial charge in [-0.3, -0.25) is 4.90 Å². The van der Waals surface area contributed by atoms with E-state index in [1.807, 2.05) is 6.07 Å². The maximum atomic E-state index is 10.3. The summed E-state index contributed by atoms with van der Waals surface area (Å²) in [6, 6.07) is 14.8. The summed E-state index contributed by atoms with van der Waals surface area (Å²) in [5, 5.41) is 10.3. The Labute approximate surface area is 173 Å². The predicted octanol–water partition coefficient (Wildman–Crippen LogP) is 3.09. The van der Waals surface area contributed by atoms with Crippen LogP contribution in [0.1, 0.15) is 29.5 Å². The lowest BCUT2D eigenvalue weighted by Gasteiger charge is -2.29. The van der Waals surface area contributed by atoms with Crippen LogP contribution in [0, 0.1) is 0 Å². The van der Waals surface area contributed by atoms with E-state index < -0.39 is 6.10 Å². The zero-order valence-electron chi connectivity index (χ0n) is 17.3. The Balaban J connectivity index is 1.36. The highest BCUT2D eigenvalue weighted by Gasteiger charge is 2.18. The number of rotatable bonds is 8. The van der Waals surface area contributed by atoms with Crippen LogP contribution in [-0.2, 0) is 19.5 Å². The minimum absolute atomic E-state index is 0.285. The first-order valence-corrected chi connectivity index (χ1v) is 10.7. The van der Waals surface area contributed by atoms with Gasteiger partial charge >= 0.3 is 0 Å². The third kappa shape index (κ3) is 5.30. The maximum Gasteiger partial charge on any atom is 0.161 e.